The van der Waals surface area contributed by atoms with Gasteiger partial charge in [-0.1, -0.05) is 0 Å². The van der Waals surface area contributed by atoms with Gasteiger partial charge in [-0.3, -0.25) is 14.7 Å². The first-order chi connectivity index (χ1) is 7.74. The number of fused-ring (bicyclic) bond motifs is 2. The SMILES string of the molecule is O=c1[nH]c(=S)[nH]c2c1CN1CCOCC1C2. The van der Waals surface area contributed by atoms with Crippen LogP contribution in [0.3, 0.4) is 0 Å². The average Bonchev–Trinajstić information content (AvgIpc) is 2.27. The number of nitrogens with one attached hydrogen (secondary N) is 2. The molecule has 0 spiro atoms. The number of rotatable bonds is 0. The highest BCUT2D eigenvalue weighted by Crippen LogP contribution is 2.21. The zero-order valence-electron chi connectivity index (χ0n) is 8.78. The number of nitrogens with zero attached hydrogens (tertiary/aromatic N) is 1. The van der Waals surface area contributed by atoms with Gasteiger partial charge in [-0.2, -0.15) is 0 Å². The van der Waals surface area contributed by atoms with Gasteiger partial charge in [0.2, 0.25) is 0 Å². The molecular formula is C10H13N3O2S. The highest BCUT2D eigenvalue weighted by atomic mass is 32.1. The molecule has 2 aliphatic heterocycles. The Bertz CT molecular complexity index is 522. The van der Waals surface area contributed by atoms with Crippen molar-refractivity contribution >= 4 is 12.2 Å². The van der Waals surface area contributed by atoms with Crippen molar-refractivity contribution in [3.8, 4) is 0 Å². The molecule has 3 rings (SSSR count). The lowest BCUT2D eigenvalue weighted by Crippen LogP contribution is -2.50. The topological polar surface area (TPSA) is 61.1 Å². The van der Waals surface area contributed by atoms with Gasteiger partial charge in [-0.15, -0.1) is 0 Å². The molecule has 1 saturated heterocycles. The van der Waals surface area contributed by atoms with Crippen LogP contribution >= 0.6 is 12.2 Å². The van der Waals surface area contributed by atoms with Crippen molar-refractivity contribution in [2.45, 2.75) is 19.0 Å². The summed E-state index contributed by atoms with van der Waals surface area (Å²) in [5, 5.41) is 0. The third-order valence-electron chi connectivity index (χ3n) is 3.28. The van der Waals surface area contributed by atoms with Gasteiger partial charge in [0.25, 0.3) is 5.56 Å². The fourth-order valence-corrected chi connectivity index (χ4v) is 2.64. The molecule has 0 radical (unpaired) electrons. The molecule has 1 atom stereocenters. The number of hydrogen-bond acceptors (Lipinski definition) is 4. The zero-order chi connectivity index (χ0) is 11.1. The molecule has 0 amide bonds. The second kappa shape index (κ2) is 3.80. The Morgan fingerprint density at radius 3 is 3.19 bits per heavy atom. The molecule has 0 aliphatic carbocycles. The van der Waals surface area contributed by atoms with E-state index >= 15 is 0 Å². The summed E-state index contributed by atoms with van der Waals surface area (Å²) < 4.78 is 5.86. The first-order valence-corrected chi connectivity index (χ1v) is 5.81. The molecule has 6 heteroatoms. The van der Waals surface area contributed by atoms with E-state index in [-0.39, 0.29) is 5.56 Å². The summed E-state index contributed by atoms with van der Waals surface area (Å²) in [6, 6.07) is 0.383. The lowest BCUT2D eigenvalue weighted by Gasteiger charge is -2.39. The summed E-state index contributed by atoms with van der Waals surface area (Å²) in [5.74, 6) is 0. The fourth-order valence-electron chi connectivity index (χ4n) is 2.42. The van der Waals surface area contributed by atoms with Gasteiger partial charge in [0.15, 0.2) is 4.77 Å². The lowest BCUT2D eigenvalue weighted by molar-refractivity contribution is -0.0172. The standard InChI is InChI=1S/C10H13N3O2S/c14-9-7-4-13-1-2-15-5-6(13)3-8(7)11-10(16)12-9/h6H,1-5H2,(H2,11,12,14,16). The minimum Gasteiger partial charge on any atom is -0.378 e. The molecular weight excluding hydrogens is 226 g/mol. The number of aromatic amines is 2. The lowest BCUT2D eigenvalue weighted by atomic mass is 9.99. The molecule has 0 bridgehead atoms. The molecule has 0 saturated carbocycles. The Hall–Kier alpha value is -0.980. The molecule has 3 heterocycles. The summed E-state index contributed by atoms with van der Waals surface area (Å²) >= 11 is 4.98. The van der Waals surface area contributed by atoms with Crippen LogP contribution in [0.25, 0.3) is 0 Å². The van der Waals surface area contributed by atoms with Crippen LogP contribution in [0.1, 0.15) is 11.3 Å². The van der Waals surface area contributed by atoms with Crippen molar-refractivity contribution in [1.82, 2.24) is 14.9 Å². The van der Waals surface area contributed by atoms with Crippen LogP contribution in [0.5, 0.6) is 0 Å². The van der Waals surface area contributed by atoms with E-state index in [9.17, 15) is 4.79 Å². The quantitative estimate of drug-likeness (QED) is 0.634. The predicted octanol–water partition coefficient (Wildman–Crippen LogP) is 0.189. The van der Waals surface area contributed by atoms with E-state index in [1.165, 1.54) is 0 Å². The largest absolute Gasteiger partial charge is 0.378 e. The first kappa shape index (κ1) is 10.2. The van der Waals surface area contributed by atoms with E-state index in [1.54, 1.807) is 0 Å². The molecule has 16 heavy (non-hydrogen) atoms. The summed E-state index contributed by atoms with van der Waals surface area (Å²) in [6.45, 7) is 3.10. The van der Waals surface area contributed by atoms with Crippen LogP contribution in [0.15, 0.2) is 4.79 Å². The Balaban J connectivity index is 2.04. The van der Waals surface area contributed by atoms with Gasteiger partial charge < -0.3 is 9.72 Å². The summed E-state index contributed by atoms with van der Waals surface area (Å²) in [4.78, 5) is 19.8. The molecule has 1 fully saturated rings. The summed E-state index contributed by atoms with van der Waals surface area (Å²) in [7, 11) is 0. The van der Waals surface area contributed by atoms with Crippen LogP contribution in [-0.2, 0) is 17.7 Å². The van der Waals surface area contributed by atoms with Crippen molar-refractivity contribution in [3.05, 3.63) is 26.4 Å². The maximum Gasteiger partial charge on any atom is 0.256 e. The summed E-state index contributed by atoms with van der Waals surface area (Å²) in [5.41, 5.74) is 1.75. The predicted molar refractivity (Wildman–Crippen MR) is 61.0 cm³/mol. The van der Waals surface area contributed by atoms with Crippen LogP contribution in [0.4, 0.5) is 0 Å². The number of ether oxygens (including phenoxy) is 1. The van der Waals surface area contributed by atoms with Crippen LogP contribution in [0, 0.1) is 4.77 Å². The maximum absolute atomic E-state index is 11.8. The fraction of sp³-hybridized carbons (Fsp3) is 0.600. The van der Waals surface area contributed by atoms with Gasteiger partial charge in [0.1, 0.15) is 0 Å². The third kappa shape index (κ3) is 1.63. The molecule has 86 valence electrons. The maximum atomic E-state index is 11.8. The van der Waals surface area contributed by atoms with E-state index in [0.717, 1.165) is 37.4 Å². The van der Waals surface area contributed by atoms with Gasteiger partial charge >= 0.3 is 0 Å². The van der Waals surface area contributed by atoms with Crippen LogP contribution in [0.2, 0.25) is 0 Å². The highest BCUT2D eigenvalue weighted by molar-refractivity contribution is 7.71. The highest BCUT2D eigenvalue weighted by Gasteiger charge is 2.30. The molecule has 1 aromatic heterocycles. The van der Waals surface area contributed by atoms with Crippen molar-refractivity contribution < 1.29 is 4.74 Å². The van der Waals surface area contributed by atoms with Crippen molar-refractivity contribution in [2.24, 2.45) is 0 Å². The van der Waals surface area contributed by atoms with Gasteiger partial charge in [-0.05, 0) is 12.2 Å². The monoisotopic (exact) mass is 239 g/mol. The Kier molecular flexibility index (Phi) is 2.42. The van der Waals surface area contributed by atoms with E-state index in [2.05, 4.69) is 14.9 Å². The second-order valence-corrected chi connectivity index (χ2v) is 4.68. The van der Waals surface area contributed by atoms with Crippen molar-refractivity contribution in [3.63, 3.8) is 0 Å². The smallest absolute Gasteiger partial charge is 0.256 e. The van der Waals surface area contributed by atoms with E-state index < -0.39 is 0 Å². The molecule has 5 nitrogen and oxygen atoms in total. The van der Waals surface area contributed by atoms with Crippen LogP contribution < -0.4 is 5.56 Å². The first-order valence-electron chi connectivity index (χ1n) is 5.40. The molecule has 0 aromatic carbocycles. The molecule has 2 N–H and O–H groups in total. The Morgan fingerprint density at radius 2 is 2.31 bits per heavy atom. The minimum absolute atomic E-state index is 0.0521. The number of aromatic nitrogens is 2. The normalized spacial score (nSPS) is 24.9. The number of morpholine rings is 1. The third-order valence-corrected chi connectivity index (χ3v) is 3.48. The van der Waals surface area contributed by atoms with Crippen molar-refractivity contribution in [1.29, 1.82) is 0 Å². The van der Waals surface area contributed by atoms with E-state index in [1.807, 2.05) is 0 Å². The van der Waals surface area contributed by atoms with Crippen LogP contribution in [-0.4, -0.2) is 40.7 Å². The van der Waals surface area contributed by atoms with Gasteiger partial charge in [-0.25, -0.2) is 0 Å². The zero-order valence-corrected chi connectivity index (χ0v) is 9.60. The number of H-pyrrole nitrogens is 2. The molecule has 1 unspecified atom stereocenters. The number of hydrogen-bond donors (Lipinski definition) is 2. The second-order valence-electron chi connectivity index (χ2n) is 4.27. The Morgan fingerprint density at radius 1 is 1.44 bits per heavy atom. The Labute approximate surface area is 97.4 Å². The van der Waals surface area contributed by atoms with Crippen molar-refractivity contribution in [2.75, 3.05) is 19.8 Å². The molecule has 2 aliphatic rings. The summed E-state index contributed by atoms with van der Waals surface area (Å²) in [6.07, 6.45) is 0.822. The molecule has 1 aromatic rings. The minimum atomic E-state index is -0.0521. The van der Waals surface area contributed by atoms with E-state index in [0.29, 0.717) is 17.4 Å². The van der Waals surface area contributed by atoms with Gasteiger partial charge in [0, 0.05) is 31.2 Å². The van der Waals surface area contributed by atoms with Gasteiger partial charge in [0.05, 0.1) is 18.8 Å². The van der Waals surface area contributed by atoms with E-state index in [4.69, 9.17) is 17.0 Å². The average molecular weight is 239 g/mol.